The Hall–Kier alpha value is -1.39. The second-order valence-electron chi connectivity index (χ2n) is 7.49. The number of carbonyl (C=O) groups is 1. The van der Waals surface area contributed by atoms with Crippen molar-refractivity contribution in [2.45, 2.75) is 19.9 Å². The lowest BCUT2D eigenvalue weighted by atomic mass is 10.1. The van der Waals surface area contributed by atoms with Crippen LogP contribution >= 0.6 is 24.0 Å². The molecule has 1 atom stereocenters. The highest BCUT2D eigenvalue weighted by molar-refractivity contribution is 14.0. The number of amides is 1. The molecule has 0 radical (unpaired) electrons. The van der Waals surface area contributed by atoms with Crippen molar-refractivity contribution in [3.63, 3.8) is 0 Å². The second kappa shape index (κ2) is 13.8. The third-order valence-corrected chi connectivity index (χ3v) is 4.77. The second-order valence-corrected chi connectivity index (χ2v) is 7.49. The first-order chi connectivity index (χ1) is 13.5. The smallest absolute Gasteiger partial charge is 0.251 e. The van der Waals surface area contributed by atoms with Gasteiger partial charge in [0.05, 0.1) is 13.2 Å². The zero-order valence-corrected chi connectivity index (χ0v) is 20.4. The molecule has 29 heavy (non-hydrogen) atoms. The summed E-state index contributed by atoms with van der Waals surface area (Å²) in [6, 6.07) is 7.71. The number of ether oxygens (including phenoxy) is 1. The van der Waals surface area contributed by atoms with Gasteiger partial charge in [-0.25, -0.2) is 4.99 Å². The van der Waals surface area contributed by atoms with Crippen molar-refractivity contribution >= 4 is 35.8 Å². The van der Waals surface area contributed by atoms with E-state index in [1.54, 1.807) is 7.11 Å². The monoisotopic (exact) mass is 517 g/mol. The van der Waals surface area contributed by atoms with Crippen LogP contribution in [0, 0.1) is 5.92 Å². The van der Waals surface area contributed by atoms with Crippen LogP contribution in [0.15, 0.2) is 29.3 Å². The van der Waals surface area contributed by atoms with E-state index in [-0.39, 0.29) is 29.9 Å². The Kier molecular flexibility index (Phi) is 12.2. The van der Waals surface area contributed by atoms with Gasteiger partial charge in [0.15, 0.2) is 5.96 Å². The maximum absolute atomic E-state index is 12.3. The normalized spacial score (nSPS) is 16.7. The van der Waals surface area contributed by atoms with E-state index in [0.29, 0.717) is 24.6 Å². The van der Waals surface area contributed by atoms with Gasteiger partial charge < -0.3 is 25.2 Å². The Labute approximate surface area is 192 Å². The predicted molar refractivity (Wildman–Crippen MR) is 129 cm³/mol. The lowest BCUT2D eigenvalue weighted by Gasteiger charge is -2.21. The van der Waals surface area contributed by atoms with E-state index >= 15 is 0 Å². The van der Waals surface area contributed by atoms with Crippen molar-refractivity contribution in [3.05, 3.63) is 35.4 Å². The fourth-order valence-corrected chi connectivity index (χ4v) is 3.29. The summed E-state index contributed by atoms with van der Waals surface area (Å²) in [6.45, 7) is 7.67. The van der Waals surface area contributed by atoms with E-state index in [1.807, 2.05) is 43.3 Å². The number of hydrogen-bond donors (Lipinski definition) is 2. The Morgan fingerprint density at radius 1 is 1.34 bits per heavy atom. The molecule has 1 saturated heterocycles. The molecule has 1 aromatic carbocycles. The van der Waals surface area contributed by atoms with Gasteiger partial charge >= 0.3 is 0 Å². The van der Waals surface area contributed by atoms with E-state index in [1.165, 1.54) is 0 Å². The van der Waals surface area contributed by atoms with Crippen LogP contribution in [0.4, 0.5) is 0 Å². The van der Waals surface area contributed by atoms with Crippen molar-refractivity contribution in [1.82, 2.24) is 20.4 Å². The lowest BCUT2D eigenvalue weighted by Crippen LogP contribution is -2.40. The van der Waals surface area contributed by atoms with Crippen LogP contribution in [0.1, 0.15) is 29.3 Å². The number of carbonyl (C=O) groups excluding carboxylic acids is 1. The molecule has 2 N–H and O–H groups in total. The van der Waals surface area contributed by atoms with Gasteiger partial charge in [0.2, 0.25) is 0 Å². The minimum atomic E-state index is -0.0402. The van der Waals surface area contributed by atoms with E-state index < -0.39 is 0 Å². The van der Waals surface area contributed by atoms with Crippen molar-refractivity contribution in [2.24, 2.45) is 10.9 Å². The van der Waals surface area contributed by atoms with Crippen LogP contribution < -0.4 is 10.6 Å². The number of aliphatic imine (C=N–C) groups is 1. The van der Waals surface area contributed by atoms with Crippen LogP contribution in [0.25, 0.3) is 0 Å². The molecule has 7 nitrogen and oxygen atoms in total. The molecule has 1 heterocycles. The van der Waals surface area contributed by atoms with Crippen LogP contribution in [-0.2, 0) is 11.3 Å². The number of rotatable bonds is 9. The Bertz CT molecular complexity index is 654. The topological polar surface area (TPSA) is 69.2 Å². The first kappa shape index (κ1) is 25.6. The van der Waals surface area contributed by atoms with Gasteiger partial charge in [0.25, 0.3) is 5.91 Å². The molecule has 2 rings (SSSR count). The number of methoxy groups -OCH3 is 1. The summed E-state index contributed by atoms with van der Waals surface area (Å²) in [6.07, 6.45) is 1.13. The molecule has 1 amide bonds. The van der Waals surface area contributed by atoms with Crippen molar-refractivity contribution in [3.8, 4) is 0 Å². The number of likely N-dealkylation sites (N-methyl/N-ethyl adjacent to an activating group) is 1. The third kappa shape index (κ3) is 8.88. The van der Waals surface area contributed by atoms with Gasteiger partial charge in [-0.1, -0.05) is 12.1 Å². The van der Waals surface area contributed by atoms with E-state index in [4.69, 9.17) is 9.73 Å². The van der Waals surface area contributed by atoms with E-state index in [9.17, 15) is 4.79 Å². The molecule has 164 valence electrons. The average Bonchev–Trinajstić information content (AvgIpc) is 3.14. The SMILES string of the molecule is CCNC(=NCc1cccc(C(=O)NCCN(C)C)c1)N1CCC(COC)C1.I. The standard InChI is InChI=1S/C21H35N5O2.HI/c1-5-22-21(26-11-9-18(15-26)16-28-4)24-14-17-7-6-8-19(13-17)20(27)23-10-12-25(2)3;/h6-8,13,18H,5,9-12,14-16H2,1-4H3,(H,22,24)(H,23,27);1H. The first-order valence-electron chi connectivity index (χ1n) is 10.1. The van der Waals surface area contributed by atoms with Crippen LogP contribution in [0.3, 0.4) is 0 Å². The van der Waals surface area contributed by atoms with Gasteiger partial charge in [0.1, 0.15) is 0 Å². The Morgan fingerprint density at radius 3 is 2.83 bits per heavy atom. The van der Waals surface area contributed by atoms with E-state index in [2.05, 4.69) is 22.5 Å². The minimum Gasteiger partial charge on any atom is -0.384 e. The molecule has 0 bridgehead atoms. The highest BCUT2D eigenvalue weighted by Crippen LogP contribution is 2.17. The van der Waals surface area contributed by atoms with Gasteiger partial charge in [0, 0.05) is 51.3 Å². The van der Waals surface area contributed by atoms with Gasteiger partial charge in [-0.15, -0.1) is 24.0 Å². The molecular formula is C21H36IN5O2. The molecule has 1 aromatic rings. The number of benzene rings is 1. The average molecular weight is 517 g/mol. The molecular weight excluding hydrogens is 481 g/mol. The predicted octanol–water partition coefficient (Wildman–Crippen LogP) is 2.03. The molecule has 1 unspecified atom stereocenters. The molecule has 8 heteroatoms. The quantitative estimate of drug-likeness (QED) is 0.298. The lowest BCUT2D eigenvalue weighted by molar-refractivity contribution is 0.0951. The molecule has 0 spiro atoms. The van der Waals surface area contributed by atoms with E-state index in [0.717, 1.165) is 50.7 Å². The number of nitrogens with one attached hydrogen (secondary N) is 2. The zero-order chi connectivity index (χ0) is 20.4. The van der Waals surface area contributed by atoms with Crippen LogP contribution in [-0.4, -0.2) is 82.2 Å². The summed E-state index contributed by atoms with van der Waals surface area (Å²) in [5.74, 6) is 1.45. The fourth-order valence-electron chi connectivity index (χ4n) is 3.29. The minimum absolute atomic E-state index is 0. The van der Waals surface area contributed by atoms with Crippen molar-refractivity contribution in [1.29, 1.82) is 0 Å². The summed E-state index contributed by atoms with van der Waals surface area (Å²) < 4.78 is 5.29. The number of likely N-dealkylation sites (tertiary alicyclic amines) is 1. The number of nitrogens with zero attached hydrogens (tertiary/aromatic N) is 3. The van der Waals surface area contributed by atoms with Crippen LogP contribution in [0.2, 0.25) is 0 Å². The number of guanidine groups is 1. The third-order valence-electron chi connectivity index (χ3n) is 4.77. The highest BCUT2D eigenvalue weighted by atomic mass is 127. The summed E-state index contributed by atoms with van der Waals surface area (Å²) in [5.41, 5.74) is 1.71. The first-order valence-corrected chi connectivity index (χ1v) is 10.1. The fraction of sp³-hybridized carbons (Fsp3) is 0.619. The molecule has 0 saturated carbocycles. The molecule has 1 aliphatic rings. The summed E-state index contributed by atoms with van der Waals surface area (Å²) >= 11 is 0. The van der Waals surface area contributed by atoms with Crippen molar-refractivity contribution < 1.29 is 9.53 Å². The van der Waals surface area contributed by atoms with Crippen molar-refractivity contribution in [2.75, 3.05) is 60.5 Å². The van der Waals surface area contributed by atoms with Gasteiger partial charge in [-0.05, 0) is 45.1 Å². The summed E-state index contributed by atoms with van der Waals surface area (Å²) in [4.78, 5) is 21.5. The maximum Gasteiger partial charge on any atom is 0.251 e. The summed E-state index contributed by atoms with van der Waals surface area (Å²) in [7, 11) is 5.74. The molecule has 0 aromatic heterocycles. The maximum atomic E-state index is 12.3. The van der Waals surface area contributed by atoms with Gasteiger partial charge in [-0.3, -0.25) is 4.79 Å². The Balaban J connectivity index is 0.00000420. The van der Waals surface area contributed by atoms with Gasteiger partial charge in [-0.2, -0.15) is 0 Å². The number of hydrogen-bond acceptors (Lipinski definition) is 4. The highest BCUT2D eigenvalue weighted by Gasteiger charge is 2.24. The largest absolute Gasteiger partial charge is 0.384 e. The number of halogens is 1. The molecule has 1 fully saturated rings. The molecule has 0 aliphatic carbocycles. The zero-order valence-electron chi connectivity index (χ0n) is 18.1. The summed E-state index contributed by atoms with van der Waals surface area (Å²) in [5, 5.41) is 6.34. The van der Waals surface area contributed by atoms with Crippen LogP contribution in [0.5, 0.6) is 0 Å². The molecule has 1 aliphatic heterocycles. The Morgan fingerprint density at radius 2 is 2.14 bits per heavy atom.